The number of carbonyl (C=O) groups is 2. The van der Waals surface area contributed by atoms with Crippen LogP contribution in [0.3, 0.4) is 0 Å². The normalized spacial score (nSPS) is 21.9. The Morgan fingerprint density at radius 3 is 2.75 bits per heavy atom. The van der Waals surface area contributed by atoms with Crippen molar-refractivity contribution >= 4 is 23.3 Å². The number of anilines is 2. The van der Waals surface area contributed by atoms with Gasteiger partial charge in [0.1, 0.15) is 0 Å². The number of nitrogens with one attached hydrogen (secondary N) is 2. The Morgan fingerprint density at radius 1 is 1.35 bits per heavy atom. The van der Waals surface area contributed by atoms with Crippen molar-refractivity contribution in [3.8, 4) is 0 Å². The van der Waals surface area contributed by atoms with E-state index in [1.807, 2.05) is 24.3 Å². The van der Waals surface area contributed by atoms with Crippen LogP contribution < -0.4 is 15.5 Å². The van der Waals surface area contributed by atoms with Crippen molar-refractivity contribution in [2.24, 2.45) is 5.92 Å². The van der Waals surface area contributed by atoms with Crippen LogP contribution >= 0.6 is 0 Å². The van der Waals surface area contributed by atoms with Crippen LogP contribution in [-0.2, 0) is 9.53 Å². The summed E-state index contributed by atoms with van der Waals surface area (Å²) in [7, 11) is 0. The highest BCUT2D eigenvalue weighted by Gasteiger charge is 2.24. The second-order valence-electron chi connectivity index (χ2n) is 4.98. The minimum Gasteiger partial charge on any atom is -0.381 e. The minimum absolute atomic E-state index is 0.00540. The van der Waals surface area contributed by atoms with Gasteiger partial charge in [-0.1, -0.05) is 0 Å². The number of carbonyl (C=O) groups excluding carboxylic acids is 2. The molecule has 3 rings (SSSR count). The van der Waals surface area contributed by atoms with E-state index in [2.05, 4.69) is 10.6 Å². The number of urea groups is 1. The quantitative estimate of drug-likeness (QED) is 0.870. The molecule has 3 amide bonds. The van der Waals surface area contributed by atoms with Crippen molar-refractivity contribution in [2.45, 2.75) is 6.42 Å². The second-order valence-corrected chi connectivity index (χ2v) is 4.98. The van der Waals surface area contributed by atoms with Crippen LogP contribution in [0.4, 0.5) is 16.2 Å². The summed E-state index contributed by atoms with van der Waals surface area (Å²) in [6.07, 6.45) is 0.776. The summed E-state index contributed by atoms with van der Waals surface area (Å²) in [4.78, 5) is 25.2. The summed E-state index contributed by atoms with van der Waals surface area (Å²) in [6, 6.07) is 7.23. The number of hydrogen-bond donors (Lipinski definition) is 2. The number of nitrogens with zero attached hydrogens (tertiary/aromatic N) is 1. The van der Waals surface area contributed by atoms with Gasteiger partial charge in [-0.3, -0.25) is 9.69 Å². The molecule has 1 aromatic rings. The number of ether oxygens (including phenoxy) is 1. The first kappa shape index (κ1) is 12.9. The standard InChI is InChI=1S/C14H17N3O3/c18-13(10-5-8-20-9-10)16-11-1-3-12(4-2-11)17-7-6-15-14(17)19/h1-4,10H,5-9H2,(H,15,19)(H,16,18). The average molecular weight is 275 g/mol. The lowest BCUT2D eigenvalue weighted by Crippen LogP contribution is -2.27. The van der Waals surface area contributed by atoms with E-state index in [1.54, 1.807) is 4.90 Å². The van der Waals surface area contributed by atoms with Gasteiger partial charge >= 0.3 is 6.03 Å². The maximum absolute atomic E-state index is 11.9. The fourth-order valence-electron chi connectivity index (χ4n) is 2.43. The second kappa shape index (κ2) is 5.50. The third kappa shape index (κ3) is 2.60. The lowest BCUT2D eigenvalue weighted by Gasteiger charge is -2.15. The highest BCUT2D eigenvalue weighted by Crippen LogP contribution is 2.21. The molecular weight excluding hydrogens is 258 g/mol. The maximum Gasteiger partial charge on any atom is 0.321 e. The van der Waals surface area contributed by atoms with E-state index in [0.29, 0.717) is 26.3 Å². The molecule has 6 nitrogen and oxygen atoms in total. The fraction of sp³-hybridized carbons (Fsp3) is 0.429. The first-order valence-corrected chi connectivity index (χ1v) is 6.78. The van der Waals surface area contributed by atoms with Gasteiger partial charge in [0.05, 0.1) is 12.5 Å². The molecule has 0 aliphatic carbocycles. The van der Waals surface area contributed by atoms with Crippen molar-refractivity contribution in [3.63, 3.8) is 0 Å². The lowest BCUT2D eigenvalue weighted by molar-refractivity contribution is -0.119. The SMILES string of the molecule is O=C(Nc1ccc(N2CCNC2=O)cc1)C1CCOC1. The van der Waals surface area contributed by atoms with Crippen LogP contribution in [0.1, 0.15) is 6.42 Å². The number of rotatable bonds is 3. The van der Waals surface area contributed by atoms with Crippen LogP contribution in [0.15, 0.2) is 24.3 Å². The first-order chi connectivity index (χ1) is 9.74. The summed E-state index contributed by atoms with van der Waals surface area (Å²) < 4.78 is 5.20. The maximum atomic E-state index is 11.9. The van der Waals surface area contributed by atoms with Gasteiger partial charge in [0.25, 0.3) is 0 Å². The first-order valence-electron chi connectivity index (χ1n) is 6.78. The van der Waals surface area contributed by atoms with Gasteiger partial charge in [0.15, 0.2) is 0 Å². The topological polar surface area (TPSA) is 70.7 Å². The predicted molar refractivity (Wildman–Crippen MR) is 74.7 cm³/mol. The van der Waals surface area contributed by atoms with Gasteiger partial charge in [-0.05, 0) is 30.7 Å². The van der Waals surface area contributed by atoms with Crippen LogP contribution in [-0.4, -0.2) is 38.2 Å². The van der Waals surface area contributed by atoms with E-state index < -0.39 is 0 Å². The molecular formula is C14H17N3O3. The van der Waals surface area contributed by atoms with Crippen LogP contribution in [0, 0.1) is 5.92 Å². The summed E-state index contributed by atoms with van der Waals surface area (Å²) in [5, 5.41) is 5.63. The third-order valence-corrected chi connectivity index (χ3v) is 3.60. The van der Waals surface area contributed by atoms with Crippen molar-refractivity contribution in [3.05, 3.63) is 24.3 Å². The summed E-state index contributed by atoms with van der Waals surface area (Å²) in [5.41, 5.74) is 1.58. The molecule has 2 heterocycles. The molecule has 0 saturated carbocycles. The Balaban J connectivity index is 1.63. The zero-order valence-electron chi connectivity index (χ0n) is 11.1. The van der Waals surface area contributed by atoms with Crippen LogP contribution in [0.2, 0.25) is 0 Å². The van der Waals surface area contributed by atoms with E-state index in [0.717, 1.165) is 17.8 Å². The van der Waals surface area contributed by atoms with Gasteiger partial charge in [0, 0.05) is 31.1 Å². The van der Waals surface area contributed by atoms with Gasteiger partial charge in [0.2, 0.25) is 5.91 Å². The van der Waals surface area contributed by atoms with E-state index in [-0.39, 0.29) is 17.9 Å². The minimum atomic E-state index is -0.0788. The average Bonchev–Trinajstić information content (AvgIpc) is 3.11. The third-order valence-electron chi connectivity index (χ3n) is 3.60. The summed E-state index contributed by atoms with van der Waals surface area (Å²) >= 11 is 0. The molecule has 2 saturated heterocycles. The zero-order chi connectivity index (χ0) is 13.9. The molecule has 0 bridgehead atoms. The molecule has 106 valence electrons. The van der Waals surface area contributed by atoms with E-state index in [4.69, 9.17) is 4.74 Å². The van der Waals surface area contributed by atoms with Crippen molar-refractivity contribution in [1.82, 2.24) is 5.32 Å². The highest BCUT2D eigenvalue weighted by atomic mass is 16.5. The molecule has 2 aliphatic heterocycles. The molecule has 0 aromatic heterocycles. The molecule has 6 heteroatoms. The molecule has 0 radical (unpaired) electrons. The molecule has 1 aromatic carbocycles. The summed E-state index contributed by atoms with van der Waals surface area (Å²) in [5.74, 6) is -0.0619. The number of hydrogen-bond acceptors (Lipinski definition) is 3. The smallest absolute Gasteiger partial charge is 0.321 e. The van der Waals surface area contributed by atoms with E-state index >= 15 is 0 Å². The van der Waals surface area contributed by atoms with Gasteiger partial charge in [-0.25, -0.2) is 4.79 Å². The van der Waals surface area contributed by atoms with Crippen molar-refractivity contribution < 1.29 is 14.3 Å². The molecule has 1 atom stereocenters. The molecule has 2 N–H and O–H groups in total. The fourth-order valence-corrected chi connectivity index (χ4v) is 2.43. The number of amides is 3. The Labute approximate surface area is 117 Å². The Morgan fingerprint density at radius 2 is 2.15 bits per heavy atom. The van der Waals surface area contributed by atoms with Crippen LogP contribution in [0.5, 0.6) is 0 Å². The summed E-state index contributed by atoms with van der Waals surface area (Å²) in [6.45, 7) is 2.49. The highest BCUT2D eigenvalue weighted by molar-refractivity contribution is 5.95. The van der Waals surface area contributed by atoms with Crippen molar-refractivity contribution in [2.75, 3.05) is 36.5 Å². The van der Waals surface area contributed by atoms with Crippen LogP contribution in [0.25, 0.3) is 0 Å². The lowest BCUT2D eigenvalue weighted by atomic mass is 10.1. The largest absolute Gasteiger partial charge is 0.381 e. The molecule has 2 aliphatic rings. The molecule has 1 unspecified atom stereocenters. The number of benzene rings is 1. The van der Waals surface area contributed by atoms with Gasteiger partial charge < -0.3 is 15.4 Å². The van der Waals surface area contributed by atoms with Gasteiger partial charge in [-0.15, -0.1) is 0 Å². The monoisotopic (exact) mass is 275 g/mol. The molecule has 2 fully saturated rings. The Kier molecular flexibility index (Phi) is 3.56. The zero-order valence-corrected chi connectivity index (χ0v) is 11.1. The van der Waals surface area contributed by atoms with Gasteiger partial charge in [-0.2, -0.15) is 0 Å². The molecule has 20 heavy (non-hydrogen) atoms. The van der Waals surface area contributed by atoms with E-state index in [9.17, 15) is 9.59 Å². The molecule has 0 spiro atoms. The predicted octanol–water partition coefficient (Wildman–Crippen LogP) is 1.19. The van der Waals surface area contributed by atoms with E-state index in [1.165, 1.54) is 0 Å². The Bertz CT molecular complexity index is 509. The Hall–Kier alpha value is -2.08. The van der Waals surface area contributed by atoms with Crippen molar-refractivity contribution in [1.29, 1.82) is 0 Å².